The molecule has 7 rings (SSSR count). The first kappa shape index (κ1) is 66.9. The monoisotopic (exact) mass is 1250 g/mol. The van der Waals surface area contributed by atoms with Gasteiger partial charge in [-0.2, -0.15) is 49.6 Å². The van der Waals surface area contributed by atoms with E-state index in [0.717, 1.165) is 16.4 Å². The summed E-state index contributed by atoms with van der Waals surface area (Å²) in [5.41, 5.74) is -3.62. The summed E-state index contributed by atoms with van der Waals surface area (Å²) in [5.74, 6) is -11.1. The van der Waals surface area contributed by atoms with Crippen LogP contribution in [0.25, 0.3) is 22.0 Å². The third kappa shape index (κ3) is 17.3. The maximum atomic E-state index is 15.5. The van der Waals surface area contributed by atoms with Crippen LogP contribution in [0.5, 0.6) is 0 Å². The summed E-state index contributed by atoms with van der Waals surface area (Å²) in [6.45, 7) is 3.19. The minimum Gasteiger partial charge on any atom is -0.480 e. The maximum Gasteiger partial charge on any atom is 0.472 e. The van der Waals surface area contributed by atoms with Crippen molar-refractivity contribution in [3.05, 3.63) is 93.0 Å². The molecular formula is C48H54ClF10N8O12PS2. The molecule has 0 aliphatic heterocycles. The number of hydrogen-bond acceptors (Lipinski definition) is 14. The van der Waals surface area contributed by atoms with E-state index in [4.69, 9.17) is 31.2 Å². The predicted molar refractivity (Wildman–Crippen MR) is 278 cm³/mol. The van der Waals surface area contributed by atoms with Crippen molar-refractivity contribution in [1.82, 2.24) is 34.8 Å². The number of rotatable bonds is 20. The second-order valence-corrected chi connectivity index (χ2v) is 23.7. The van der Waals surface area contributed by atoms with Gasteiger partial charge in [-0.1, -0.05) is 30.7 Å². The maximum absolute atomic E-state index is 15.5. The van der Waals surface area contributed by atoms with Crippen LogP contribution in [-0.4, -0.2) is 130 Å². The number of carbonyl (C=O) groups excluding carboxylic acids is 3. The van der Waals surface area contributed by atoms with Crippen molar-refractivity contribution in [3.63, 3.8) is 0 Å². The molecule has 452 valence electrons. The van der Waals surface area contributed by atoms with Crippen molar-refractivity contribution in [1.29, 1.82) is 0 Å². The zero-order valence-electron chi connectivity index (χ0n) is 44.3. The molecule has 1 saturated carbocycles. The van der Waals surface area contributed by atoms with Crippen LogP contribution < -0.4 is 9.62 Å². The van der Waals surface area contributed by atoms with Crippen LogP contribution >= 0.6 is 31.4 Å². The van der Waals surface area contributed by atoms with Crippen molar-refractivity contribution in [2.24, 2.45) is 5.92 Å². The van der Waals surface area contributed by atoms with Gasteiger partial charge >= 0.3 is 32.2 Å². The van der Waals surface area contributed by atoms with Gasteiger partial charge in [-0.3, -0.25) is 37.8 Å². The van der Waals surface area contributed by atoms with Crippen molar-refractivity contribution in [2.75, 3.05) is 50.4 Å². The molecule has 4 N–H and O–H groups in total. The minimum atomic E-state index is -5.14. The van der Waals surface area contributed by atoms with E-state index in [2.05, 4.69) is 29.8 Å². The Bertz CT molecular complexity index is 3210. The molecule has 34 heteroatoms. The number of aryl methyl sites for hydroxylation is 1. The molecule has 5 aromatic rings. The molecule has 2 amide bonds. The zero-order chi connectivity index (χ0) is 61.6. The average molecular weight is 1260 g/mol. The third-order valence-corrected chi connectivity index (χ3v) is 15.3. The molecule has 20 nitrogen and oxygen atoms in total. The SMILES string of the molecule is CCc1ccc(-c2ccc(Cl)c3c(N(SC)C(=O)OCCN(C)CC(=O)O)nn(CC(F)(F)F)c23)c([C@H](Cc2cc(F)cc(F)c2)NC(=O)Cn2nc(C(F)(F)F)c3c2C(F)(F)[C@@H]2C[C@H]32)n1.CS(=O)C(C)(C)C.O=COCOP(=O)(O)O. The number of anilines is 1. The summed E-state index contributed by atoms with van der Waals surface area (Å²) in [7, 11) is -3.71. The second kappa shape index (κ2) is 26.8. The van der Waals surface area contributed by atoms with E-state index < -0.39 is 133 Å². The van der Waals surface area contributed by atoms with E-state index in [1.54, 1.807) is 13.2 Å². The number of nitrogens with zero attached hydrogens (tertiary/aromatic N) is 7. The lowest BCUT2D eigenvalue weighted by atomic mass is 9.93. The predicted octanol–water partition coefficient (Wildman–Crippen LogP) is 9.31. The van der Waals surface area contributed by atoms with Gasteiger partial charge in [0, 0.05) is 69.0 Å². The van der Waals surface area contributed by atoms with Crippen LogP contribution in [0.15, 0.2) is 42.5 Å². The molecule has 1 unspecified atom stereocenters. The second-order valence-electron chi connectivity index (χ2n) is 19.2. The molecule has 2 aliphatic carbocycles. The Morgan fingerprint density at radius 2 is 1.65 bits per heavy atom. The first-order valence-electron chi connectivity index (χ1n) is 24.0. The Kier molecular flexibility index (Phi) is 21.9. The fourth-order valence-corrected chi connectivity index (χ4v) is 9.23. The first-order chi connectivity index (χ1) is 37.9. The number of carbonyl (C=O) groups is 4. The molecule has 82 heavy (non-hydrogen) atoms. The molecule has 3 heterocycles. The molecule has 1 fully saturated rings. The van der Waals surface area contributed by atoms with Crippen LogP contribution in [-0.2, 0) is 81.8 Å². The van der Waals surface area contributed by atoms with Gasteiger partial charge in [0.1, 0.15) is 37.0 Å². The normalized spacial score (nSPS) is 16.2. The highest BCUT2D eigenvalue weighted by molar-refractivity contribution is 8.00. The topological polar surface area (TPSA) is 258 Å². The zero-order valence-corrected chi connectivity index (χ0v) is 47.6. The quantitative estimate of drug-likeness (QED) is 0.0141. The van der Waals surface area contributed by atoms with Gasteiger partial charge in [0.15, 0.2) is 11.5 Å². The summed E-state index contributed by atoms with van der Waals surface area (Å²) in [6.07, 6.45) is -8.55. The van der Waals surface area contributed by atoms with Gasteiger partial charge < -0.3 is 29.7 Å². The molecule has 0 bridgehead atoms. The standard InChI is InChI=1S/C41H37ClF10N8O5S.C5H12OS.C2H5O6P/c1-4-22-5-6-23(24-7-8-27(42)32-34(24)59(18-39(45,46)47)56-37(32)60(66-3)38(64)65-10-9-57(2)17-30(62)63)33(53-22)28(13-19-11-20(43)14-21(44)12-19)54-29(61)16-58-36-31(35(55-58)41(50,51)52)25-15-26(25)40(36,48)49;1-5(2,3)7(4)6;3-1-7-2-8-9(4,5)6/h5-8,11-12,14,25-26,28H,4,9-10,13,15-18H2,1-3H3,(H,54,61)(H,62,63);1-4H3;1H,2H2,(H2,4,5,6)/t25-,26+,28-;;/m0../s1. The van der Waals surface area contributed by atoms with E-state index in [1.807, 2.05) is 20.8 Å². The molecule has 4 atom stereocenters. The largest absolute Gasteiger partial charge is 0.480 e. The average Bonchev–Trinajstić information content (AvgIpc) is 2.59. The lowest BCUT2D eigenvalue weighted by Gasteiger charge is -2.24. The highest BCUT2D eigenvalue weighted by Gasteiger charge is 2.68. The minimum absolute atomic E-state index is 0.0170. The van der Waals surface area contributed by atoms with E-state index in [9.17, 15) is 63.1 Å². The Morgan fingerprint density at radius 1 is 1.02 bits per heavy atom. The van der Waals surface area contributed by atoms with Crippen molar-refractivity contribution >= 4 is 83.3 Å². The summed E-state index contributed by atoms with van der Waals surface area (Å²) >= 11 is 7.37. The van der Waals surface area contributed by atoms with E-state index >= 15 is 8.78 Å². The van der Waals surface area contributed by atoms with Crippen LogP contribution in [0.4, 0.5) is 54.5 Å². The molecule has 0 spiro atoms. The molecule has 2 aliphatic rings. The Morgan fingerprint density at radius 3 is 2.18 bits per heavy atom. The highest BCUT2D eigenvalue weighted by Crippen LogP contribution is 2.68. The van der Waals surface area contributed by atoms with Crippen molar-refractivity contribution in [3.8, 4) is 11.1 Å². The summed E-state index contributed by atoms with van der Waals surface area (Å²) in [4.78, 5) is 69.7. The summed E-state index contributed by atoms with van der Waals surface area (Å²) < 4.78 is 180. The number of fused-ring (bicyclic) bond motifs is 4. The molecular weight excluding hydrogens is 1200 g/mol. The number of halogens is 11. The number of benzene rings is 2. The number of nitrogens with one attached hydrogen (secondary N) is 1. The van der Waals surface area contributed by atoms with Gasteiger partial charge in [0.05, 0.1) is 34.2 Å². The van der Waals surface area contributed by atoms with E-state index in [1.165, 1.54) is 42.5 Å². The van der Waals surface area contributed by atoms with Crippen LogP contribution in [0, 0.1) is 17.6 Å². The molecule has 2 aromatic carbocycles. The number of alkyl halides is 8. The lowest BCUT2D eigenvalue weighted by Crippen LogP contribution is -2.35. The number of amides is 2. The molecule has 3 aromatic heterocycles. The number of aromatic nitrogens is 5. The number of aliphatic carboxylic acids is 1. The fourth-order valence-electron chi connectivity index (χ4n) is 8.29. The van der Waals surface area contributed by atoms with Crippen LogP contribution in [0.2, 0.25) is 5.02 Å². The third-order valence-electron chi connectivity index (χ3n) is 12.2. The number of phosphoric acid groups is 1. The number of likely N-dealkylation sites (N-methyl/N-ethyl adjacent to an activating group) is 1. The molecule has 0 radical (unpaired) electrons. The van der Waals surface area contributed by atoms with Crippen molar-refractivity contribution < 1.29 is 101 Å². The smallest absolute Gasteiger partial charge is 0.472 e. The number of hydrogen-bond donors (Lipinski definition) is 4. The summed E-state index contributed by atoms with van der Waals surface area (Å²) in [5, 5.41) is 18.8. The first-order valence-corrected chi connectivity index (χ1v) is 28.6. The van der Waals surface area contributed by atoms with Gasteiger partial charge in [-0.15, -0.1) is 0 Å². The number of phosphoric ester groups is 1. The highest BCUT2D eigenvalue weighted by atomic mass is 35.5. The lowest BCUT2D eigenvalue weighted by molar-refractivity contribution is -0.143. The Balaban J connectivity index is 0.000000672. The van der Waals surface area contributed by atoms with Gasteiger partial charge in [-0.05, 0) is 94.8 Å². The number of ether oxygens (including phenoxy) is 2. The van der Waals surface area contributed by atoms with Gasteiger partial charge in [0.25, 0.3) is 12.4 Å². The van der Waals surface area contributed by atoms with Crippen molar-refractivity contribution in [2.45, 2.75) is 95.0 Å². The van der Waals surface area contributed by atoms with Crippen LogP contribution in [0.3, 0.4) is 0 Å². The van der Waals surface area contributed by atoms with Crippen LogP contribution in [0.1, 0.15) is 80.0 Å². The van der Waals surface area contributed by atoms with Gasteiger partial charge in [-0.25, -0.2) is 22.7 Å². The number of pyridine rings is 1. The van der Waals surface area contributed by atoms with E-state index in [-0.39, 0.29) is 86.7 Å². The number of carboxylic acids is 1. The number of carboxylic acid groups (broad SMARTS) is 1. The fraction of sp³-hybridized carbons (Fsp3) is 0.479. The van der Waals surface area contributed by atoms with Gasteiger partial charge in [0.2, 0.25) is 12.7 Å². The Hall–Kier alpha value is -5.89. The molecule has 0 saturated heterocycles. The van der Waals surface area contributed by atoms with E-state index in [0.29, 0.717) is 28.4 Å². The summed E-state index contributed by atoms with van der Waals surface area (Å²) in [6, 6.07) is 6.39. The Labute approximate surface area is 472 Å².